The molecular formula is C37H74N2O4. The van der Waals surface area contributed by atoms with Crippen LogP contribution < -0.4 is 0 Å². The van der Waals surface area contributed by atoms with Crippen LogP contribution >= 0.6 is 0 Å². The first kappa shape index (κ1) is 40.3. The first-order chi connectivity index (χ1) is 21.1. The maximum absolute atomic E-state index is 13.5. The predicted molar refractivity (Wildman–Crippen MR) is 182 cm³/mol. The highest BCUT2D eigenvalue weighted by molar-refractivity contribution is 5.75. The van der Waals surface area contributed by atoms with Crippen LogP contribution in [-0.4, -0.2) is 68.7 Å². The van der Waals surface area contributed by atoms with Gasteiger partial charge in [-0.2, -0.15) is 0 Å². The van der Waals surface area contributed by atoms with Gasteiger partial charge in [0.15, 0.2) is 6.29 Å². The van der Waals surface area contributed by atoms with Gasteiger partial charge in [-0.1, -0.05) is 123 Å². The Labute approximate surface area is 268 Å². The average Bonchev–Trinajstić information content (AvgIpc) is 3.00. The smallest absolute Gasteiger partial charge is 0.246 e. The van der Waals surface area contributed by atoms with Gasteiger partial charge in [-0.3, -0.25) is 9.63 Å². The highest BCUT2D eigenvalue weighted by Crippen LogP contribution is 2.21. The Balaban J connectivity index is 2.57. The van der Waals surface area contributed by atoms with E-state index in [0.717, 1.165) is 71.1 Å². The van der Waals surface area contributed by atoms with E-state index >= 15 is 0 Å². The molecule has 0 spiro atoms. The van der Waals surface area contributed by atoms with Crippen LogP contribution in [0.25, 0.3) is 0 Å². The molecule has 6 nitrogen and oxygen atoms in total. The van der Waals surface area contributed by atoms with Crippen molar-refractivity contribution in [2.24, 2.45) is 0 Å². The molecule has 0 saturated carbocycles. The van der Waals surface area contributed by atoms with Crippen LogP contribution in [0.2, 0.25) is 0 Å². The second-order valence-corrected chi connectivity index (χ2v) is 13.4. The summed E-state index contributed by atoms with van der Waals surface area (Å²) in [5, 5.41) is 1.86. The third-order valence-electron chi connectivity index (χ3n) is 8.82. The molecule has 2 unspecified atom stereocenters. The van der Waals surface area contributed by atoms with E-state index in [1.165, 1.54) is 109 Å². The lowest BCUT2D eigenvalue weighted by atomic mass is 9.99. The van der Waals surface area contributed by atoms with Crippen LogP contribution in [0, 0.1) is 0 Å². The zero-order chi connectivity index (χ0) is 31.2. The second-order valence-electron chi connectivity index (χ2n) is 13.4. The number of ether oxygens (including phenoxy) is 2. The molecule has 0 N–H and O–H groups in total. The molecule has 6 heteroatoms. The molecule has 1 aliphatic rings. The molecular weight excluding hydrogens is 536 g/mol. The van der Waals surface area contributed by atoms with Crippen molar-refractivity contribution >= 4 is 5.91 Å². The molecule has 1 fully saturated rings. The zero-order valence-electron chi connectivity index (χ0n) is 29.4. The van der Waals surface area contributed by atoms with Crippen LogP contribution in [0.5, 0.6) is 0 Å². The summed E-state index contributed by atoms with van der Waals surface area (Å²) in [5.41, 5.74) is 0. The molecule has 1 rings (SSSR count). The lowest BCUT2D eigenvalue weighted by Crippen LogP contribution is -2.41. The van der Waals surface area contributed by atoms with Crippen molar-refractivity contribution < 1.29 is 19.1 Å². The van der Waals surface area contributed by atoms with Crippen molar-refractivity contribution in [3.05, 3.63) is 0 Å². The van der Waals surface area contributed by atoms with E-state index in [1.54, 1.807) is 0 Å². The number of carbonyl (C=O) groups is 1. The molecule has 0 radical (unpaired) electrons. The molecule has 43 heavy (non-hydrogen) atoms. The Kier molecular flexibility index (Phi) is 28.1. The Bertz CT molecular complexity index is 597. The number of nitrogens with zero attached hydrogens (tertiary/aromatic N) is 2. The fourth-order valence-corrected chi connectivity index (χ4v) is 6.05. The third kappa shape index (κ3) is 24.2. The van der Waals surface area contributed by atoms with Crippen molar-refractivity contribution in [1.82, 2.24) is 9.96 Å². The first-order valence-corrected chi connectivity index (χ1v) is 18.9. The Morgan fingerprint density at radius 3 is 1.77 bits per heavy atom. The largest absolute Gasteiger partial charge is 0.353 e. The van der Waals surface area contributed by atoms with Gasteiger partial charge >= 0.3 is 0 Å². The quantitative estimate of drug-likeness (QED) is 0.0577. The summed E-state index contributed by atoms with van der Waals surface area (Å²) >= 11 is 0. The number of amides is 1. The minimum Gasteiger partial charge on any atom is -0.353 e. The standard InChI is InChI=1S/C37H74N2O4/c1-5-7-9-11-13-15-18-24-34-43-39(36(40)29-26-31-38(3)4)35(27-20-16-14-12-10-8-6-2)28-21-17-19-23-32-41-37-30-22-25-33-42-37/h35,37H,5-34H2,1-4H3. The maximum atomic E-state index is 13.5. The molecule has 0 aliphatic carbocycles. The van der Waals surface area contributed by atoms with Gasteiger partial charge in [0.2, 0.25) is 5.91 Å². The zero-order valence-corrected chi connectivity index (χ0v) is 29.4. The van der Waals surface area contributed by atoms with Gasteiger partial charge in [-0.05, 0) is 72.0 Å². The first-order valence-electron chi connectivity index (χ1n) is 18.9. The van der Waals surface area contributed by atoms with Gasteiger partial charge in [0, 0.05) is 19.6 Å². The van der Waals surface area contributed by atoms with Gasteiger partial charge in [0.05, 0.1) is 12.6 Å². The van der Waals surface area contributed by atoms with E-state index in [1.807, 2.05) is 5.06 Å². The summed E-state index contributed by atoms with van der Waals surface area (Å²) in [6, 6.07) is 0.198. The summed E-state index contributed by atoms with van der Waals surface area (Å²) in [6.45, 7) is 7.80. The third-order valence-corrected chi connectivity index (χ3v) is 8.82. The van der Waals surface area contributed by atoms with Crippen LogP contribution in [0.15, 0.2) is 0 Å². The second kappa shape index (κ2) is 30.0. The van der Waals surface area contributed by atoms with Crippen molar-refractivity contribution in [2.75, 3.05) is 40.5 Å². The fraction of sp³-hybridized carbons (Fsp3) is 0.973. The molecule has 1 heterocycles. The lowest BCUT2D eigenvalue weighted by molar-refractivity contribution is -0.203. The number of hydroxylamine groups is 2. The monoisotopic (exact) mass is 611 g/mol. The molecule has 1 amide bonds. The number of unbranched alkanes of at least 4 members (excludes halogenated alkanes) is 16. The van der Waals surface area contributed by atoms with Gasteiger partial charge < -0.3 is 14.4 Å². The van der Waals surface area contributed by atoms with E-state index in [-0.39, 0.29) is 18.2 Å². The van der Waals surface area contributed by atoms with Crippen molar-refractivity contribution in [2.45, 2.75) is 193 Å². The number of carbonyl (C=O) groups excluding carboxylic acids is 1. The molecule has 0 aromatic carbocycles. The fourth-order valence-electron chi connectivity index (χ4n) is 6.05. The summed E-state index contributed by atoms with van der Waals surface area (Å²) in [4.78, 5) is 22.1. The van der Waals surface area contributed by atoms with Gasteiger partial charge in [-0.25, -0.2) is 5.06 Å². The summed E-state index contributed by atoms with van der Waals surface area (Å²) in [6.07, 6.45) is 30.9. The van der Waals surface area contributed by atoms with Crippen molar-refractivity contribution in [3.8, 4) is 0 Å². The molecule has 2 atom stereocenters. The molecule has 0 aromatic rings. The Hall–Kier alpha value is -0.690. The molecule has 1 aliphatic heterocycles. The van der Waals surface area contributed by atoms with Crippen LogP contribution in [-0.2, 0) is 19.1 Å². The van der Waals surface area contributed by atoms with E-state index in [2.05, 4.69) is 32.8 Å². The molecule has 1 saturated heterocycles. The average molecular weight is 611 g/mol. The van der Waals surface area contributed by atoms with Gasteiger partial charge in [-0.15, -0.1) is 0 Å². The SMILES string of the molecule is CCCCCCCCCCON(C(=O)CCCN(C)C)C(CCCCCCCCC)CCCCCCOC1CCCCO1. The van der Waals surface area contributed by atoms with Gasteiger partial charge in [0.25, 0.3) is 0 Å². The van der Waals surface area contributed by atoms with E-state index in [4.69, 9.17) is 14.3 Å². The van der Waals surface area contributed by atoms with Gasteiger partial charge in [0.1, 0.15) is 0 Å². The minimum absolute atomic E-state index is 0.0189. The van der Waals surface area contributed by atoms with Crippen LogP contribution in [0.3, 0.4) is 0 Å². The highest BCUT2D eigenvalue weighted by Gasteiger charge is 2.24. The van der Waals surface area contributed by atoms with Crippen LogP contribution in [0.1, 0.15) is 181 Å². The summed E-state index contributed by atoms with van der Waals surface area (Å²) < 4.78 is 11.6. The molecule has 0 aromatic heterocycles. The van der Waals surface area contributed by atoms with Crippen LogP contribution in [0.4, 0.5) is 0 Å². The number of hydrogen-bond acceptors (Lipinski definition) is 5. The van der Waals surface area contributed by atoms with E-state index in [0.29, 0.717) is 13.0 Å². The summed E-state index contributed by atoms with van der Waals surface area (Å²) in [7, 11) is 4.16. The van der Waals surface area contributed by atoms with Crippen molar-refractivity contribution in [1.29, 1.82) is 0 Å². The van der Waals surface area contributed by atoms with Crippen molar-refractivity contribution in [3.63, 3.8) is 0 Å². The number of hydrogen-bond donors (Lipinski definition) is 0. The Morgan fingerprint density at radius 2 is 1.23 bits per heavy atom. The highest BCUT2D eigenvalue weighted by atomic mass is 16.7. The molecule has 0 bridgehead atoms. The normalized spacial score (nSPS) is 16.2. The topological polar surface area (TPSA) is 51.2 Å². The van der Waals surface area contributed by atoms with E-state index < -0.39 is 0 Å². The number of rotatable bonds is 31. The molecule has 256 valence electrons. The lowest BCUT2D eigenvalue weighted by Gasteiger charge is -2.31. The predicted octanol–water partition coefficient (Wildman–Crippen LogP) is 10.2. The minimum atomic E-state index is 0.0189. The van der Waals surface area contributed by atoms with E-state index in [9.17, 15) is 4.79 Å². The maximum Gasteiger partial charge on any atom is 0.246 e. The Morgan fingerprint density at radius 1 is 0.698 bits per heavy atom. The summed E-state index contributed by atoms with van der Waals surface area (Å²) in [5.74, 6) is 0.190.